The van der Waals surface area contributed by atoms with Crippen LogP contribution in [0.15, 0.2) is 18.2 Å². The van der Waals surface area contributed by atoms with Gasteiger partial charge in [-0.2, -0.15) is 5.26 Å². The lowest BCUT2D eigenvalue weighted by atomic mass is 9.72. The molecule has 0 amide bonds. The lowest BCUT2D eigenvalue weighted by Gasteiger charge is -2.43. The summed E-state index contributed by atoms with van der Waals surface area (Å²) in [7, 11) is 2.73. The molecule has 45 heavy (non-hydrogen) atoms. The summed E-state index contributed by atoms with van der Waals surface area (Å²) < 4.78 is 22.4. The van der Waals surface area contributed by atoms with Crippen LogP contribution in [0, 0.1) is 11.3 Å². The van der Waals surface area contributed by atoms with Crippen molar-refractivity contribution in [3.8, 4) is 23.3 Å². The van der Waals surface area contributed by atoms with Gasteiger partial charge in [-0.15, -0.1) is 0 Å². The van der Waals surface area contributed by atoms with Crippen molar-refractivity contribution in [1.82, 2.24) is 5.32 Å². The molecule has 1 aliphatic heterocycles. The van der Waals surface area contributed by atoms with E-state index in [4.69, 9.17) is 18.9 Å². The molecule has 2 aliphatic carbocycles. The van der Waals surface area contributed by atoms with Gasteiger partial charge in [-0.3, -0.25) is 19.7 Å². The van der Waals surface area contributed by atoms with Gasteiger partial charge in [-0.05, 0) is 13.0 Å². The summed E-state index contributed by atoms with van der Waals surface area (Å²) in [5.74, 6) is -3.93. The van der Waals surface area contributed by atoms with Crippen molar-refractivity contribution < 1.29 is 58.9 Å². The number of aliphatic hydroxyl groups is 3. The van der Waals surface area contributed by atoms with E-state index in [1.165, 1.54) is 32.4 Å². The third kappa shape index (κ3) is 5.46. The van der Waals surface area contributed by atoms with Crippen LogP contribution in [0.25, 0.3) is 0 Å². The summed E-state index contributed by atoms with van der Waals surface area (Å²) in [4.78, 5) is 40.2. The Morgan fingerprint density at radius 2 is 1.89 bits per heavy atom. The van der Waals surface area contributed by atoms with Crippen molar-refractivity contribution in [2.24, 2.45) is 0 Å². The van der Waals surface area contributed by atoms with Crippen molar-refractivity contribution in [3.05, 3.63) is 51.6 Å². The maximum atomic E-state index is 13.8. The average Bonchev–Trinajstić information content (AvgIpc) is 3.02. The van der Waals surface area contributed by atoms with Gasteiger partial charge in [0.2, 0.25) is 5.78 Å². The molecule has 3 aliphatic rings. The Kier molecular flexibility index (Phi) is 8.98. The van der Waals surface area contributed by atoms with E-state index in [1.807, 2.05) is 6.07 Å². The van der Waals surface area contributed by atoms with Crippen LogP contribution in [0.1, 0.15) is 68.8 Å². The number of hydrogen-bond donors (Lipinski definition) is 6. The topological polar surface area (TPSA) is 225 Å². The molecular weight excluding hydrogens is 592 g/mol. The number of aliphatic hydroxyl groups excluding tert-OH is 2. The predicted octanol–water partition coefficient (Wildman–Crippen LogP) is 0.171. The number of carbonyl (C=O) groups excluding carboxylic acids is 3. The Morgan fingerprint density at radius 1 is 1.18 bits per heavy atom. The average molecular weight is 627 g/mol. The molecule has 0 bridgehead atoms. The highest BCUT2D eigenvalue weighted by Crippen LogP contribution is 2.52. The Labute approximate surface area is 257 Å². The van der Waals surface area contributed by atoms with E-state index in [1.54, 1.807) is 6.92 Å². The van der Waals surface area contributed by atoms with E-state index in [0.717, 1.165) is 0 Å². The van der Waals surface area contributed by atoms with E-state index in [2.05, 4.69) is 5.32 Å². The molecule has 6 N–H and O–H groups in total. The first-order valence-electron chi connectivity index (χ1n) is 14.3. The van der Waals surface area contributed by atoms with Gasteiger partial charge in [0.25, 0.3) is 0 Å². The SMILES string of the molecule is COCC(C#N)NC1CC(OC2CC(O)(C(=O)CO)Cc3c(O)c4c(c(O)c32)C(=O)c2c(OC)cccc2C4=O)OC(C)C1O. The highest BCUT2D eigenvalue weighted by molar-refractivity contribution is 6.31. The summed E-state index contributed by atoms with van der Waals surface area (Å²) in [6, 6.07) is 4.87. The minimum atomic E-state index is -2.30. The standard InChI is InChI=1S/C31H34N2O12/c1-13-26(36)17(33-14(10-32)12-42-2)7-21(44-13)45-19-9-31(41,20(35)11-34)8-16-23(19)30(40)25-24(28(16)38)27(37)15-5-4-6-18(43-3)22(15)29(25)39/h4-6,13-14,17,19,21,26,33-34,36,38,40-41H,7-9,11-12H2,1-3H3. The number of ketones is 3. The third-order valence-electron chi connectivity index (χ3n) is 8.67. The summed E-state index contributed by atoms with van der Waals surface area (Å²) in [6.07, 6.45) is -5.61. The van der Waals surface area contributed by atoms with Crippen molar-refractivity contribution >= 4 is 17.3 Å². The van der Waals surface area contributed by atoms with Crippen LogP contribution in [0.5, 0.6) is 17.2 Å². The lowest BCUT2D eigenvalue weighted by molar-refractivity contribution is -0.250. The van der Waals surface area contributed by atoms with Gasteiger partial charge >= 0.3 is 0 Å². The molecular formula is C31H34N2O12. The molecule has 5 rings (SSSR count). The number of methoxy groups -OCH3 is 2. The van der Waals surface area contributed by atoms with Gasteiger partial charge in [-0.25, -0.2) is 0 Å². The number of Topliss-reactive ketones (excluding diaryl/α,β-unsaturated/α-hetero) is 1. The van der Waals surface area contributed by atoms with Crippen molar-refractivity contribution in [2.45, 2.75) is 68.5 Å². The Morgan fingerprint density at radius 3 is 2.53 bits per heavy atom. The number of phenols is 2. The van der Waals surface area contributed by atoms with Crippen LogP contribution in [-0.4, -0.2) is 106 Å². The van der Waals surface area contributed by atoms with E-state index in [-0.39, 0.29) is 41.0 Å². The van der Waals surface area contributed by atoms with Crippen LogP contribution in [0.3, 0.4) is 0 Å². The Bertz CT molecular complexity index is 1590. The molecule has 240 valence electrons. The first kappa shape index (κ1) is 32.5. The maximum Gasteiger partial charge on any atom is 0.202 e. The Hall–Kier alpha value is -3.94. The van der Waals surface area contributed by atoms with Gasteiger partial charge in [-0.1, -0.05) is 12.1 Å². The summed E-state index contributed by atoms with van der Waals surface area (Å²) >= 11 is 0. The molecule has 0 saturated carbocycles. The fourth-order valence-corrected chi connectivity index (χ4v) is 6.43. The molecule has 14 heteroatoms. The minimum absolute atomic E-state index is 0.0334. The second kappa shape index (κ2) is 12.5. The van der Waals surface area contributed by atoms with Crippen LogP contribution in [-0.2, 0) is 25.4 Å². The van der Waals surface area contributed by atoms with E-state index < -0.39 is 102 Å². The van der Waals surface area contributed by atoms with Gasteiger partial charge in [0.05, 0.1) is 54.8 Å². The fourth-order valence-electron chi connectivity index (χ4n) is 6.43. The zero-order chi connectivity index (χ0) is 32.8. The molecule has 2 aromatic rings. The molecule has 0 spiro atoms. The number of phenolic OH excluding ortho intramolecular Hbond substituents is 2. The maximum absolute atomic E-state index is 13.8. The molecule has 7 atom stereocenters. The second-order valence-electron chi connectivity index (χ2n) is 11.4. The number of aromatic hydroxyl groups is 2. The van der Waals surface area contributed by atoms with Crippen LogP contribution >= 0.6 is 0 Å². The largest absolute Gasteiger partial charge is 0.507 e. The molecule has 0 radical (unpaired) electrons. The molecule has 1 heterocycles. The number of carbonyl (C=O) groups is 3. The van der Waals surface area contributed by atoms with E-state index in [0.29, 0.717) is 0 Å². The quantitative estimate of drug-likeness (QED) is 0.174. The number of fused-ring (bicyclic) bond motifs is 3. The summed E-state index contributed by atoms with van der Waals surface area (Å²) in [5, 5.41) is 67.4. The number of ether oxygens (including phenoxy) is 4. The van der Waals surface area contributed by atoms with E-state index >= 15 is 0 Å². The normalized spacial score (nSPS) is 28.0. The van der Waals surface area contributed by atoms with Gasteiger partial charge < -0.3 is 44.5 Å². The van der Waals surface area contributed by atoms with Crippen molar-refractivity contribution in [1.29, 1.82) is 5.26 Å². The summed E-state index contributed by atoms with van der Waals surface area (Å²) in [5.41, 5.74) is -3.85. The van der Waals surface area contributed by atoms with Crippen molar-refractivity contribution in [3.63, 3.8) is 0 Å². The third-order valence-corrected chi connectivity index (χ3v) is 8.67. The smallest absolute Gasteiger partial charge is 0.202 e. The monoisotopic (exact) mass is 626 g/mol. The molecule has 7 unspecified atom stereocenters. The predicted molar refractivity (Wildman–Crippen MR) is 152 cm³/mol. The number of nitrogens with zero attached hydrogens (tertiary/aromatic N) is 1. The fraction of sp³-hybridized carbons (Fsp3) is 0.484. The van der Waals surface area contributed by atoms with Gasteiger partial charge in [0, 0.05) is 49.1 Å². The highest BCUT2D eigenvalue weighted by Gasteiger charge is 2.50. The lowest BCUT2D eigenvalue weighted by Crippen LogP contribution is -2.57. The van der Waals surface area contributed by atoms with Crippen LogP contribution in [0.4, 0.5) is 0 Å². The number of nitriles is 1. The Balaban J connectivity index is 1.60. The van der Waals surface area contributed by atoms with Gasteiger partial charge in [0.15, 0.2) is 17.9 Å². The number of hydrogen-bond acceptors (Lipinski definition) is 14. The number of rotatable bonds is 9. The second-order valence-corrected chi connectivity index (χ2v) is 11.4. The minimum Gasteiger partial charge on any atom is -0.507 e. The van der Waals surface area contributed by atoms with E-state index in [9.17, 15) is 45.2 Å². The van der Waals surface area contributed by atoms with Gasteiger partial charge in [0.1, 0.15) is 35.5 Å². The first-order chi connectivity index (χ1) is 21.4. The molecule has 2 aromatic carbocycles. The number of benzene rings is 2. The van der Waals surface area contributed by atoms with Crippen LogP contribution < -0.4 is 10.1 Å². The summed E-state index contributed by atoms with van der Waals surface area (Å²) in [6.45, 7) is 0.554. The first-order valence-corrected chi connectivity index (χ1v) is 14.3. The zero-order valence-corrected chi connectivity index (χ0v) is 24.8. The van der Waals surface area contributed by atoms with Crippen molar-refractivity contribution in [2.75, 3.05) is 27.4 Å². The molecule has 14 nitrogen and oxygen atoms in total. The molecule has 0 aromatic heterocycles. The number of nitrogens with one attached hydrogen (secondary N) is 1. The molecule has 1 fully saturated rings. The zero-order valence-electron chi connectivity index (χ0n) is 24.8. The highest BCUT2D eigenvalue weighted by atomic mass is 16.7. The molecule has 1 saturated heterocycles. The van der Waals surface area contributed by atoms with Crippen LogP contribution in [0.2, 0.25) is 0 Å².